The van der Waals surface area contributed by atoms with E-state index in [4.69, 9.17) is 0 Å². The van der Waals surface area contributed by atoms with Crippen LogP contribution in [0.2, 0.25) is 0 Å². The second-order valence-corrected chi connectivity index (χ2v) is 6.59. The molecule has 2 N–H and O–H groups in total. The van der Waals surface area contributed by atoms with Crippen molar-refractivity contribution in [2.75, 3.05) is 0 Å². The number of thiophene rings is 1. The Labute approximate surface area is 145 Å². The number of hydrazone groups is 1. The predicted molar refractivity (Wildman–Crippen MR) is 94.8 cm³/mol. The molecule has 0 bridgehead atoms. The van der Waals surface area contributed by atoms with Gasteiger partial charge in [-0.2, -0.15) is 5.10 Å². The van der Waals surface area contributed by atoms with E-state index in [1.54, 1.807) is 24.5 Å². The van der Waals surface area contributed by atoms with E-state index in [9.17, 15) is 9.59 Å². The molecule has 0 saturated heterocycles. The molecule has 0 radical (unpaired) electrons. The molecular weight excluding hydrogens is 324 g/mol. The molecule has 0 fully saturated rings. The minimum atomic E-state index is -0.632. The van der Waals surface area contributed by atoms with Gasteiger partial charge in [0, 0.05) is 17.3 Å². The van der Waals surface area contributed by atoms with E-state index in [1.807, 2.05) is 31.4 Å². The Balaban J connectivity index is 1.90. The van der Waals surface area contributed by atoms with E-state index in [0.29, 0.717) is 0 Å². The van der Waals surface area contributed by atoms with Crippen LogP contribution in [0.3, 0.4) is 0 Å². The lowest BCUT2D eigenvalue weighted by molar-refractivity contribution is -0.129. The Morgan fingerprint density at radius 1 is 1.29 bits per heavy atom. The Bertz CT molecular complexity index is 684. The Hall–Kier alpha value is -2.54. The third kappa shape index (κ3) is 5.58. The van der Waals surface area contributed by atoms with Crippen molar-refractivity contribution >= 4 is 29.4 Å². The van der Waals surface area contributed by atoms with Crippen molar-refractivity contribution in [1.82, 2.24) is 15.7 Å². The van der Waals surface area contributed by atoms with E-state index in [-0.39, 0.29) is 24.2 Å². The largest absolute Gasteiger partial charge is 0.344 e. The Morgan fingerprint density at radius 3 is 2.67 bits per heavy atom. The molecule has 2 aromatic heterocycles. The fourth-order valence-electron chi connectivity index (χ4n) is 2.02. The van der Waals surface area contributed by atoms with E-state index < -0.39 is 6.04 Å². The average Bonchev–Trinajstić information content (AvgIpc) is 3.06. The summed E-state index contributed by atoms with van der Waals surface area (Å²) in [6.07, 6.45) is 5.09. The van der Waals surface area contributed by atoms with Crippen LogP contribution in [0.15, 0.2) is 47.1 Å². The molecule has 24 heavy (non-hydrogen) atoms. The number of hydrogen-bond donors (Lipinski definition) is 2. The van der Waals surface area contributed by atoms with Crippen LogP contribution in [0.1, 0.15) is 24.3 Å². The van der Waals surface area contributed by atoms with Crippen molar-refractivity contribution in [2.24, 2.45) is 11.0 Å². The summed E-state index contributed by atoms with van der Waals surface area (Å²) >= 11 is 1.52. The fourth-order valence-corrected chi connectivity index (χ4v) is 2.72. The van der Waals surface area contributed by atoms with Crippen LogP contribution >= 0.6 is 11.3 Å². The maximum Gasteiger partial charge on any atom is 0.262 e. The van der Waals surface area contributed by atoms with Crippen LogP contribution in [0.25, 0.3) is 0 Å². The lowest BCUT2D eigenvalue weighted by atomic mass is 10.0. The molecule has 0 aliphatic heterocycles. The van der Waals surface area contributed by atoms with Gasteiger partial charge in [0.1, 0.15) is 6.04 Å². The highest BCUT2D eigenvalue weighted by molar-refractivity contribution is 7.10. The van der Waals surface area contributed by atoms with Crippen LogP contribution in [-0.2, 0) is 16.0 Å². The van der Waals surface area contributed by atoms with Gasteiger partial charge in [-0.3, -0.25) is 14.6 Å². The highest BCUT2D eigenvalue weighted by Gasteiger charge is 2.24. The van der Waals surface area contributed by atoms with Gasteiger partial charge in [-0.25, -0.2) is 5.43 Å². The fraction of sp³-hybridized carbons (Fsp3) is 0.294. The monoisotopic (exact) mass is 344 g/mol. The maximum absolute atomic E-state index is 12.3. The third-order valence-corrected chi connectivity index (χ3v) is 4.15. The lowest BCUT2D eigenvalue weighted by Crippen LogP contribution is -2.49. The summed E-state index contributed by atoms with van der Waals surface area (Å²) in [5, 5.41) is 8.62. The first kappa shape index (κ1) is 17.8. The van der Waals surface area contributed by atoms with E-state index >= 15 is 0 Å². The molecule has 0 unspecified atom stereocenters. The zero-order chi connectivity index (χ0) is 17.4. The first-order valence-corrected chi connectivity index (χ1v) is 8.49. The van der Waals surface area contributed by atoms with Crippen molar-refractivity contribution in [1.29, 1.82) is 0 Å². The first-order valence-electron chi connectivity index (χ1n) is 7.61. The molecule has 2 aromatic rings. The highest BCUT2D eigenvalue weighted by Crippen LogP contribution is 2.10. The quantitative estimate of drug-likeness (QED) is 0.595. The standard InChI is InChI=1S/C17H20N4O2S/c1-12(2)16(20-15(22)10-14-4-3-9-24-14)17(23)21-19-11-13-5-7-18-8-6-13/h3-9,11-12,16H,10H2,1-2H3,(H,20,22)(H,21,23)/b19-11+/t16-/m0/s1. The summed E-state index contributed by atoms with van der Waals surface area (Å²) < 4.78 is 0. The van der Waals surface area contributed by atoms with Gasteiger partial charge >= 0.3 is 0 Å². The second kappa shape index (κ2) is 8.93. The van der Waals surface area contributed by atoms with Crippen LogP contribution in [0, 0.1) is 5.92 Å². The van der Waals surface area contributed by atoms with Gasteiger partial charge in [-0.15, -0.1) is 11.3 Å². The van der Waals surface area contributed by atoms with Gasteiger partial charge in [0.2, 0.25) is 5.91 Å². The SMILES string of the molecule is CC(C)[C@H](NC(=O)Cc1cccs1)C(=O)N/N=C/c1ccncc1. The summed E-state index contributed by atoms with van der Waals surface area (Å²) in [5.74, 6) is -0.562. The highest BCUT2D eigenvalue weighted by atomic mass is 32.1. The summed E-state index contributed by atoms with van der Waals surface area (Å²) in [4.78, 5) is 29.2. The molecule has 0 aliphatic rings. The lowest BCUT2D eigenvalue weighted by Gasteiger charge is -2.20. The van der Waals surface area contributed by atoms with Gasteiger partial charge < -0.3 is 5.32 Å². The molecule has 126 valence electrons. The number of hydrogen-bond acceptors (Lipinski definition) is 5. The average molecular weight is 344 g/mol. The molecule has 6 nitrogen and oxygen atoms in total. The number of nitrogens with one attached hydrogen (secondary N) is 2. The van der Waals surface area contributed by atoms with Crippen LogP contribution < -0.4 is 10.7 Å². The number of nitrogens with zero attached hydrogens (tertiary/aromatic N) is 2. The molecule has 1 atom stereocenters. The minimum absolute atomic E-state index is 0.0478. The number of amides is 2. The maximum atomic E-state index is 12.3. The first-order chi connectivity index (χ1) is 11.6. The molecule has 0 spiro atoms. The second-order valence-electron chi connectivity index (χ2n) is 5.56. The molecule has 0 aliphatic carbocycles. The van der Waals surface area contributed by atoms with Crippen LogP contribution in [0.5, 0.6) is 0 Å². The van der Waals surface area contributed by atoms with Crippen LogP contribution in [0.4, 0.5) is 0 Å². The molecule has 0 saturated carbocycles. The molecule has 2 rings (SSSR count). The van der Waals surface area contributed by atoms with Crippen molar-refractivity contribution in [2.45, 2.75) is 26.3 Å². The van der Waals surface area contributed by atoms with Crippen LogP contribution in [-0.4, -0.2) is 29.1 Å². The number of carbonyl (C=O) groups is 2. The molecule has 2 heterocycles. The van der Waals surface area contributed by atoms with Gasteiger partial charge in [0.25, 0.3) is 5.91 Å². The van der Waals surface area contributed by atoms with E-state index in [1.165, 1.54) is 17.6 Å². The van der Waals surface area contributed by atoms with Gasteiger partial charge in [0.15, 0.2) is 0 Å². The normalized spacial score (nSPS) is 12.3. The third-order valence-electron chi connectivity index (χ3n) is 3.27. The molecule has 2 amide bonds. The van der Waals surface area contributed by atoms with Gasteiger partial charge in [-0.1, -0.05) is 19.9 Å². The number of pyridine rings is 1. The molecule has 0 aromatic carbocycles. The summed E-state index contributed by atoms with van der Waals surface area (Å²) in [6, 6.07) is 6.71. The topological polar surface area (TPSA) is 83.5 Å². The number of carbonyl (C=O) groups excluding carboxylic acids is 2. The Kier molecular flexibility index (Phi) is 6.62. The number of rotatable bonds is 7. The van der Waals surface area contributed by atoms with Gasteiger partial charge in [-0.05, 0) is 35.1 Å². The van der Waals surface area contributed by atoms with Crippen molar-refractivity contribution < 1.29 is 9.59 Å². The van der Waals surface area contributed by atoms with E-state index in [0.717, 1.165) is 10.4 Å². The zero-order valence-corrected chi connectivity index (χ0v) is 14.4. The van der Waals surface area contributed by atoms with Crippen molar-refractivity contribution in [3.63, 3.8) is 0 Å². The summed E-state index contributed by atoms with van der Waals surface area (Å²) in [6.45, 7) is 3.75. The smallest absolute Gasteiger partial charge is 0.262 e. The Morgan fingerprint density at radius 2 is 2.04 bits per heavy atom. The van der Waals surface area contributed by atoms with Gasteiger partial charge in [0.05, 0.1) is 12.6 Å². The predicted octanol–water partition coefficient (Wildman–Crippen LogP) is 1.98. The van der Waals surface area contributed by atoms with E-state index in [2.05, 4.69) is 20.8 Å². The minimum Gasteiger partial charge on any atom is -0.344 e. The molecular formula is C17H20N4O2S. The molecule has 7 heteroatoms. The summed E-state index contributed by atoms with van der Waals surface area (Å²) in [5.41, 5.74) is 3.30. The number of aromatic nitrogens is 1. The summed E-state index contributed by atoms with van der Waals surface area (Å²) in [7, 11) is 0. The zero-order valence-electron chi connectivity index (χ0n) is 13.6. The van der Waals surface area contributed by atoms with Crippen molar-refractivity contribution in [3.05, 3.63) is 52.5 Å². The van der Waals surface area contributed by atoms with Crippen molar-refractivity contribution in [3.8, 4) is 0 Å².